The van der Waals surface area contributed by atoms with Gasteiger partial charge < -0.3 is 9.88 Å². The van der Waals surface area contributed by atoms with Gasteiger partial charge in [0.15, 0.2) is 0 Å². The van der Waals surface area contributed by atoms with Crippen LogP contribution in [0.25, 0.3) is 32.3 Å². The van der Waals surface area contributed by atoms with Crippen LogP contribution < -0.4 is 10.5 Å². The largest absolute Gasteiger partial charge is 0.378 e. The minimum atomic E-state index is -0.104. The molecular formula is C23H21N3OS2. The second-order valence-corrected chi connectivity index (χ2v) is 8.51. The van der Waals surface area contributed by atoms with E-state index in [4.69, 9.17) is 4.98 Å². The molecule has 29 heavy (non-hydrogen) atoms. The van der Waals surface area contributed by atoms with Crippen LogP contribution >= 0.6 is 23.1 Å². The van der Waals surface area contributed by atoms with E-state index in [-0.39, 0.29) is 5.56 Å². The van der Waals surface area contributed by atoms with Crippen molar-refractivity contribution in [3.63, 3.8) is 0 Å². The molecule has 0 aliphatic rings. The van der Waals surface area contributed by atoms with E-state index in [1.807, 2.05) is 56.1 Å². The second-order valence-electron chi connectivity index (χ2n) is 6.81. The zero-order valence-electron chi connectivity index (χ0n) is 16.5. The summed E-state index contributed by atoms with van der Waals surface area (Å²) in [5, 5.41) is 2.66. The lowest BCUT2D eigenvalue weighted by Gasteiger charge is -2.12. The molecule has 0 atom stereocenters. The number of hydrogen-bond donors (Lipinski definition) is 1. The van der Waals surface area contributed by atoms with Crippen molar-refractivity contribution >= 4 is 50.0 Å². The van der Waals surface area contributed by atoms with Crippen LogP contribution in [-0.4, -0.2) is 30.3 Å². The van der Waals surface area contributed by atoms with Gasteiger partial charge in [0.2, 0.25) is 0 Å². The van der Waals surface area contributed by atoms with Gasteiger partial charge >= 0.3 is 0 Å². The van der Waals surface area contributed by atoms with Gasteiger partial charge in [0.25, 0.3) is 5.56 Å². The van der Waals surface area contributed by atoms with Crippen LogP contribution in [0.2, 0.25) is 0 Å². The molecule has 2 aromatic carbocycles. The van der Waals surface area contributed by atoms with Crippen molar-refractivity contribution in [2.45, 2.75) is 0 Å². The Labute approximate surface area is 177 Å². The summed E-state index contributed by atoms with van der Waals surface area (Å²) in [4.78, 5) is 24.4. The van der Waals surface area contributed by atoms with Crippen LogP contribution in [0.15, 0.2) is 64.8 Å². The summed E-state index contributed by atoms with van der Waals surface area (Å²) in [6.45, 7) is 0. The van der Waals surface area contributed by atoms with Crippen LogP contribution in [0.5, 0.6) is 0 Å². The maximum atomic E-state index is 12.9. The highest BCUT2D eigenvalue weighted by Crippen LogP contribution is 2.32. The predicted molar refractivity (Wildman–Crippen MR) is 128 cm³/mol. The number of hydrogen-bond acceptors (Lipinski definition) is 5. The Hall–Kier alpha value is -2.83. The van der Waals surface area contributed by atoms with Crippen LogP contribution in [0, 0.1) is 0 Å². The van der Waals surface area contributed by atoms with Crippen molar-refractivity contribution < 1.29 is 0 Å². The van der Waals surface area contributed by atoms with Crippen LogP contribution in [-0.2, 0) is 0 Å². The molecule has 0 bridgehead atoms. The molecule has 0 radical (unpaired) electrons. The third kappa shape index (κ3) is 3.99. The molecule has 0 unspecified atom stereocenters. The summed E-state index contributed by atoms with van der Waals surface area (Å²) in [5.74, 6) is 0.605. The SMILES string of the molecule is CS/C(=C\c1ccc(N(C)C)cc1)c1nc2scc(-c3ccccc3)c2c(=O)[nH]1. The Kier molecular flexibility index (Phi) is 5.56. The fraction of sp³-hybridized carbons (Fsp3) is 0.130. The minimum absolute atomic E-state index is 0.104. The molecule has 4 nitrogen and oxygen atoms in total. The van der Waals surface area contributed by atoms with E-state index < -0.39 is 0 Å². The first-order valence-electron chi connectivity index (χ1n) is 9.17. The smallest absolute Gasteiger partial charge is 0.260 e. The normalized spacial score (nSPS) is 11.8. The zero-order chi connectivity index (χ0) is 20.4. The van der Waals surface area contributed by atoms with Crippen molar-refractivity contribution in [2.75, 3.05) is 25.3 Å². The first kappa shape index (κ1) is 19.5. The number of H-pyrrole nitrogens is 1. The predicted octanol–water partition coefficient (Wildman–Crippen LogP) is 5.58. The lowest BCUT2D eigenvalue weighted by atomic mass is 10.1. The van der Waals surface area contributed by atoms with Gasteiger partial charge in [-0.15, -0.1) is 23.1 Å². The van der Waals surface area contributed by atoms with Crippen molar-refractivity contribution in [2.24, 2.45) is 0 Å². The average molecular weight is 420 g/mol. The highest BCUT2D eigenvalue weighted by atomic mass is 32.2. The molecule has 0 spiro atoms. The maximum Gasteiger partial charge on any atom is 0.260 e. The number of rotatable bonds is 5. The molecule has 2 aromatic heterocycles. The van der Waals surface area contributed by atoms with Crippen LogP contribution in [0.1, 0.15) is 11.4 Å². The highest BCUT2D eigenvalue weighted by molar-refractivity contribution is 8.07. The Morgan fingerprint density at radius 2 is 1.83 bits per heavy atom. The molecule has 0 fully saturated rings. The number of aromatic nitrogens is 2. The van der Waals surface area contributed by atoms with Crippen LogP contribution in [0.4, 0.5) is 5.69 Å². The topological polar surface area (TPSA) is 49.0 Å². The Bertz CT molecular complexity index is 1220. The van der Waals surface area contributed by atoms with Gasteiger partial charge in [-0.3, -0.25) is 4.79 Å². The Morgan fingerprint density at radius 3 is 2.48 bits per heavy atom. The molecule has 0 aliphatic heterocycles. The lowest BCUT2D eigenvalue weighted by Crippen LogP contribution is -2.10. The molecule has 0 aliphatic carbocycles. The second kappa shape index (κ2) is 8.27. The number of nitrogens with zero attached hydrogens (tertiary/aromatic N) is 2. The number of fused-ring (bicyclic) bond motifs is 1. The molecule has 2 heterocycles. The minimum Gasteiger partial charge on any atom is -0.378 e. The summed E-state index contributed by atoms with van der Waals surface area (Å²) in [5.41, 5.74) is 4.07. The Morgan fingerprint density at radius 1 is 1.10 bits per heavy atom. The molecule has 0 saturated heterocycles. The van der Waals surface area contributed by atoms with Crippen molar-refractivity contribution in [3.05, 3.63) is 81.7 Å². The summed E-state index contributed by atoms with van der Waals surface area (Å²) in [6.07, 6.45) is 4.05. The summed E-state index contributed by atoms with van der Waals surface area (Å²) in [6, 6.07) is 18.2. The van der Waals surface area contributed by atoms with Gasteiger partial charge in [-0.1, -0.05) is 42.5 Å². The first-order valence-corrected chi connectivity index (χ1v) is 11.3. The summed E-state index contributed by atoms with van der Waals surface area (Å²) in [7, 11) is 4.04. The molecule has 146 valence electrons. The lowest BCUT2D eigenvalue weighted by molar-refractivity contribution is 1.13. The molecule has 0 amide bonds. The third-order valence-electron chi connectivity index (χ3n) is 4.69. The monoisotopic (exact) mass is 419 g/mol. The van der Waals surface area contributed by atoms with Crippen molar-refractivity contribution in [1.82, 2.24) is 9.97 Å². The van der Waals surface area contributed by atoms with Gasteiger partial charge in [-0.2, -0.15) is 0 Å². The van der Waals surface area contributed by atoms with Gasteiger partial charge in [-0.25, -0.2) is 4.98 Å². The number of thiophene rings is 1. The van der Waals surface area contributed by atoms with Gasteiger partial charge in [0.05, 0.1) is 10.3 Å². The standard InChI is InChI=1S/C23H21N3OS2/c1-26(2)17-11-9-15(10-12-17)13-19(28-3)21-24-22(27)20-18(14-29-23(20)25-21)16-7-5-4-6-8-16/h4-14H,1-3H3,(H,24,25,27)/b19-13-. The summed E-state index contributed by atoms with van der Waals surface area (Å²) < 4.78 is 0. The van der Waals surface area contributed by atoms with Gasteiger partial charge in [-0.05, 0) is 35.6 Å². The van der Waals surface area contributed by atoms with E-state index in [2.05, 4.69) is 40.2 Å². The third-order valence-corrected chi connectivity index (χ3v) is 6.31. The van der Waals surface area contributed by atoms with Crippen molar-refractivity contribution in [3.8, 4) is 11.1 Å². The van der Waals surface area contributed by atoms with E-state index in [0.717, 1.165) is 32.1 Å². The van der Waals surface area contributed by atoms with E-state index in [1.54, 1.807) is 11.8 Å². The highest BCUT2D eigenvalue weighted by Gasteiger charge is 2.14. The molecule has 1 N–H and O–H groups in total. The van der Waals surface area contributed by atoms with E-state index in [0.29, 0.717) is 11.2 Å². The number of nitrogens with one attached hydrogen (secondary N) is 1. The van der Waals surface area contributed by atoms with Crippen molar-refractivity contribution in [1.29, 1.82) is 0 Å². The molecule has 6 heteroatoms. The number of anilines is 1. The fourth-order valence-electron chi connectivity index (χ4n) is 3.14. The summed E-state index contributed by atoms with van der Waals surface area (Å²) >= 11 is 3.07. The Balaban J connectivity index is 1.76. The quantitative estimate of drug-likeness (QED) is 0.459. The number of thioether (sulfide) groups is 1. The molecule has 4 rings (SSSR count). The fourth-order valence-corrected chi connectivity index (χ4v) is 4.63. The van der Waals surface area contributed by atoms with Gasteiger partial charge in [0, 0.05) is 30.7 Å². The number of benzene rings is 2. The average Bonchev–Trinajstić information content (AvgIpc) is 3.17. The molecule has 4 aromatic rings. The number of aromatic amines is 1. The van der Waals surface area contributed by atoms with Crippen LogP contribution in [0.3, 0.4) is 0 Å². The van der Waals surface area contributed by atoms with Gasteiger partial charge in [0.1, 0.15) is 10.7 Å². The molecular weight excluding hydrogens is 398 g/mol. The zero-order valence-corrected chi connectivity index (χ0v) is 18.1. The molecule has 0 saturated carbocycles. The van der Waals surface area contributed by atoms with E-state index in [1.165, 1.54) is 11.3 Å². The first-order chi connectivity index (χ1) is 14.1. The van der Waals surface area contributed by atoms with E-state index in [9.17, 15) is 4.79 Å². The van der Waals surface area contributed by atoms with E-state index >= 15 is 0 Å². The maximum absolute atomic E-state index is 12.9.